The average Bonchev–Trinajstić information content (AvgIpc) is 2.14. The molecule has 0 aromatic heterocycles. The molecule has 0 rings (SSSR count). The van der Waals surface area contributed by atoms with Crippen LogP contribution in [-0.4, -0.2) is 41.9 Å². The highest BCUT2D eigenvalue weighted by Crippen LogP contribution is 1.97. The molecule has 0 atom stereocenters. The van der Waals surface area contributed by atoms with E-state index in [1.807, 2.05) is 39.5 Å². The molecule has 1 amide bonds. The number of guanidine groups is 1. The molecule has 0 aliphatic carbocycles. The number of nitrogens with one attached hydrogen (secondary N) is 1. The van der Waals surface area contributed by atoms with E-state index in [1.165, 1.54) is 0 Å². The number of rotatable bonds is 4. The topological polar surface area (TPSA) is 70.7 Å². The van der Waals surface area contributed by atoms with Gasteiger partial charge in [0.05, 0.1) is 0 Å². The Hall–Kier alpha value is -1.26. The first-order valence-corrected chi connectivity index (χ1v) is 5.66. The van der Waals surface area contributed by atoms with Gasteiger partial charge in [0.1, 0.15) is 6.54 Å². The zero-order valence-corrected chi connectivity index (χ0v) is 11.0. The normalized spacial score (nSPS) is 12.4. The summed E-state index contributed by atoms with van der Waals surface area (Å²) in [6, 6.07) is 0. The molecule has 94 valence electrons. The quantitative estimate of drug-likeness (QED) is 0.545. The molecular weight excluding hydrogens is 204 g/mol. The van der Waals surface area contributed by atoms with Gasteiger partial charge in [0.2, 0.25) is 5.91 Å². The minimum Gasteiger partial charge on any atom is -0.370 e. The van der Waals surface area contributed by atoms with Crippen molar-refractivity contribution in [2.75, 3.05) is 19.6 Å². The predicted octanol–water partition coefficient (Wildman–Crippen LogP) is 0.558. The van der Waals surface area contributed by atoms with Crippen molar-refractivity contribution in [3.63, 3.8) is 0 Å². The lowest BCUT2D eigenvalue weighted by atomic mass is 10.1. The van der Waals surface area contributed by atoms with E-state index in [4.69, 9.17) is 5.73 Å². The number of nitrogens with two attached hydrogens (primary N) is 1. The van der Waals surface area contributed by atoms with Gasteiger partial charge in [0.15, 0.2) is 5.96 Å². The van der Waals surface area contributed by atoms with E-state index in [0.29, 0.717) is 5.96 Å². The Morgan fingerprint density at radius 3 is 2.19 bits per heavy atom. The fourth-order valence-corrected chi connectivity index (χ4v) is 1.26. The van der Waals surface area contributed by atoms with Gasteiger partial charge in [-0.3, -0.25) is 4.79 Å². The number of nitrogens with zero attached hydrogens (tertiary/aromatic N) is 2. The van der Waals surface area contributed by atoms with Crippen molar-refractivity contribution < 1.29 is 4.79 Å². The van der Waals surface area contributed by atoms with Gasteiger partial charge in [-0.25, -0.2) is 4.99 Å². The summed E-state index contributed by atoms with van der Waals surface area (Å²) in [6.07, 6.45) is 0. The third-order valence-electron chi connectivity index (χ3n) is 1.99. The molecule has 0 spiro atoms. The summed E-state index contributed by atoms with van der Waals surface area (Å²) >= 11 is 0. The van der Waals surface area contributed by atoms with Gasteiger partial charge in [0, 0.05) is 18.6 Å². The van der Waals surface area contributed by atoms with Crippen LogP contribution in [0.15, 0.2) is 4.99 Å². The van der Waals surface area contributed by atoms with Gasteiger partial charge in [-0.15, -0.1) is 0 Å². The van der Waals surface area contributed by atoms with Gasteiger partial charge in [-0.05, 0) is 34.6 Å². The third kappa shape index (κ3) is 6.27. The second-order valence-corrected chi connectivity index (χ2v) is 4.64. The maximum absolute atomic E-state index is 11.5. The fraction of sp³-hybridized carbons (Fsp3) is 0.818. The Labute approximate surface area is 98.1 Å². The van der Waals surface area contributed by atoms with E-state index in [-0.39, 0.29) is 18.0 Å². The SMILES string of the molecule is CCN(CC)C(N)=NCC(=O)NC(C)(C)C. The van der Waals surface area contributed by atoms with Crippen molar-refractivity contribution in [2.24, 2.45) is 10.7 Å². The summed E-state index contributed by atoms with van der Waals surface area (Å²) in [4.78, 5) is 17.4. The highest BCUT2D eigenvalue weighted by atomic mass is 16.2. The first-order chi connectivity index (χ1) is 7.30. The van der Waals surface area contributed by atoms with Crippen LogP contribution >= 0.6 is 0 Å². The van der Waals surface area contributed by atoms with Crippen LogP contribution in [0.5, 0.6) is 0 Å². The maximum Gasteiger partial charge on any atom is 0.242 e. The summed E-state index contributed by atoms with van der Waals surface area (Å²) in [7, 11) is 0. The van der Waals surface area contributed by atoms with Crippen LogP contribution in [0.2, 0.25) is 0 Å². The minimum atomic E-state index is -0.226. The van der Waals surface area contributed by atoms with Crippen LogP contribution in [0.1, 0.15) is 34.6 Å². The molecule has 0 bridgehead atoms. The van der Waals surface area contributed by atoms with Crippen molar-refractivity contribution in [2.45, 2.75) is 40.2 Å². The Kier molecular flexibility index (Phi) is 5.85. The highest BCUT2D eigenvalue weighted by Gasteiger charge is 2.13. The van der Waals surface area contributed by atoms with Crippen molar-refractivity contribution in [1.82, 2.24) is 10.2 Å². The smallest absolute Gasteiger partial charge is 0.242 e. The number of amides is 1. The number of aliphatic imine (C=N–C) groups is 1. The molecule has 0 fully saturated rings. The molecule has 0 aliphatic rings. The Bertz CT molecular complexity index is 251. The van der Waals surface area contributed by atoms with Crippen molar-refractivity contribution in [3.05, 3.63) is 0 Å². The molecule has 5 nitrogen and oxygen atoms in total. The molecule has 0 heterocycles. The number of carbonyl (C=O) groups excluding carboxylic acids is 1. The van der Waals surface area contributed by atoms with Gasteiger partial charge >= 0.3 is 0 Å². The van der Waals surface area contributed by atoms with E-state index < -0.39 is 0 Å². The molecule has 0 aromatic carbocycles. The largest absolute Gasteiger partial charge is 0.370 e. The average molecular weight is 228 g/mol. The lowest BCUT2D eigenvalue weighted by Crippen LogP contribution is -2.43. The molecule has 5 heteroatoms. The second-order valence-electron chi connectivity index (χ2n) is 4.64. The summed E-state index contributed by atoms with van der Waals surface area (Å²) in [6.45, 7) is 11.5. The second kappa shape index (κ2) is 6.35. The molecule has 0 saturated carbocycles. The summed E-state index contributed by atoms with van der Waals surface area (Å²) in [5.41, 5.74) is 5.52. The van der Waals surface area contributed by atoms with Gasteiger partial charge in [-0.2, -0.15) is 0 Å². The van der Waals surface area contributed by atoms with Crippen LogP contribution in [0, 0.1) is 0 Å². The monoisotopic (exact) mass is 228 g/mol. The standard InChI is InChI=1S/C11H24N4O/c1-6-15(7-2)10(12)13-8-9(16)14-11(3,4)5/h6-8H2,1-5H3,(H2,12,13)(H,14,16). The molecule has 16 heavy (non-hydrogen) atoms. The number of hydrogen-bond donors (Lipinski definition) is 2. The number of hydrogen-bond acceptors (Lipinski definition) is 2. The fourth-order valence-electron chi connectivity index (χ4n) is 1.26. The summed E-state index contributed by atoms with van der Waals surface area (Å²) in [5.74, 6) is 0.316. The predicted molar refractivity (Wildman–Crippen MR) is 67.3 cm³/mol. The van der Waals surface area contributed by atoms with Gasteiger partial charge < -0.3 is 16.0 Å². The van der Waals surface area contributed by atoms with Gasteiger partial charge in [-0.1, -0.05) is 0 Å². The van der Waals surface area contributed by atoms with Gasteiger partial charge in [0.25, 0.3) is 0 Å². The Balaban J connectivity index is 4.21. The van der Waals surface area contributed by atoms with Crippen molar-refractivity contribution >= 4 is 11.9 Å². The first kappa shape index (κ1) is 14.7. The number of carbonyl (C=O) groups is 1. The lowest BCUT2D eigenvalue weighted by Gasteiger charge is -2.21. The van der Waals surface area contributed by atoms with Crippen molar-refractivity contribution in [1.29, 1.82) is 0 Å². The van der Waals surface area contributed by atoms with Crippen molar-refractivity contribution in [3.8, 4) is 0 Å². The minimum absolute atomic E-state index is 0.0829. The Morgan fingerprint density at radius 1 is 1.31 bits per heavy atom. The molecular formula is C11H24N4O. The molecule has 3 N–H and O–H groups in total. The van der Waals surface area contributed by atoms with E-state index in [0.717, 1.165) is 13.1 Å². The van der Waals surface area contributed by atoms with E-state index in [1.54, 1.807) is 0 Å². The summed E-state index contributed by atoms with van der Waals surface area (Å²) in [5, 5.41) is 2.83. The molecule has 0 aromatic rings. The zero-order chi connectivity index (χ0) is 12.8. The Morgan fingerprint density at radius 2 is 1.81 bits per heavy atom. The van der Waals surface area contributed by atoms with E-state index >= 15 is 0 Å². The molecule has 0 radical (unpaired) electrons. The van der Waals surface area contributed by atoms with E-state index in [2.05, 4.69) is 10.3 Å². The van der Waals surface area contributed by atoms with Crippen LogP contribution in [0.3, 0.4) is 0 Å². The van der Waals surface area contributed by atoms with Crippen LogP contribution in [0.4, 0.5) is 0 Å². The summed E-state index contributed by atoms with van der Waals surface area (Å²) < 4.78 is 0. The molecule has 0 unspecified atom stereocenters. The highest BCUT2D eigenvalue weighted by molar-refractivity contribution is 5.84. The molecule has 0 aliphatic heterocycles. The lowest BCUT2D eigenvalue weighted by molar-refractivity contribution is -0.121. The van der Waals surface area contributed by atoms with Crippen LogP contribution < -0.4 is 11.1 Å². The first-order valence-electron chi connectivity index (χ1n) is 5.66. The molecule has 0 saturated heterocycles. The van der Waals surface area contributed by atoms with Crippen LogP contribution in [-0.2, 0) is 4.79 Å². The maximum atomic E-state index is 11.5. The third-order valence-corrected chi connectivity index (χ3v) is 1.99. The van der Waals surface area contributed by atoms with Crippen LogP contribution in [0.25, 0.3) is 0 Å². The zero-order valence-electron chi connectivity index (χ0n) is 11.0. The van der Waals surface area contributed by atoms with E-state index in [9.17, 15) is 4.79 Å².